The molecule has 0 atom stereocenters. The summed E-state index contributed by atoms with van der Waals surface area (Å²) in [6, 6.07) is 0. The van der Waals surface area contributed by atoms with E-state index in [1.54, 1.807) is 10.9 Å². The van der Waals surface area contributed by atoms with Crippen LogP contribution in [0.2, 0.25) is 0 Å². The first-order valence-electron chi connectivity index (χ1n) is 4.01. The first-order chi connectivity index (χ1) is 5.75. The van der Waals surface area contributed by atoms with Crippen LogP contribution in [0.3, 0.4) is 0 Å². The zero-order valence-electron chi connectivity index (χ0n) is 7.03. The van der Waals surface area contributed by atoms with Gasteiger partial charge in [-0.1, -0.05) is 0 Å². The van der Waals surface area contributed by atoms with Gasteiger partial charge in [0.05, 0.1) is 18.4 Å². The maximum atomic E-state index is 11.0. The number of carbonyl (C=O) groups is 1. The molecule has 64 valence electrons. The van der Waals surface area contributed by atoms with E-state index in [9.17, 15) is 4.79 Å². The molecular weight excluding hydrogens is 154 g/mol. The third-order valence-electron chi connectivity index (χ3n) is 2.08. The summed E-state index contributed by atoms with van der Waals surface area (Å²) in [5.41, 5.74) is 1.04. The Morgan fingerprint density at radius 1 is 1.58 bits per heavy atom. The molecule has 4 nitrogen and oxygen atoms in total. The van der Waals surface area contributed by atoms with Crippen LogP contribution in [-0.2, 0) is 11.8 Å². The van der Waals surface area contributed by atoms with E-state index in [0.29, 0.717) is 18.7 Å². The predicted molar refractivity (Wildman–Crippen MR) is 45.0 cm³/mol. The van der Waals surface area contributed by atoms with Crippen LogP contribution < -0.4 is 4.90 Å². The average molecular weight is 165 g/mol. The number of anilines is 1. The molecule has 1 saturated heterocycles. The minimum atomic E-state index is 0.318. The summed E-state index contributed by atoms with van der Waals surface area (Å²) >= 11 is 0. The molecule has 0 aliphatic carbocycles. The average Bonchev–Trinajstić information content (AvgIpc) is 2.58. The summed E-state index contributed by atoms with van der Waals surface area (Å²) < 4.78 is 1.75. The Balaban J connectivity index is 2.15. The lowest BCUT2D eigenvalue weighted by Gasteiger charge is -2.12. The highest BCUT2D eigenvalue weighted by molar-refractivity contribution is 5.86. The Hall–Kier alpha value is -1.32. The number of hydrogen-bond acceptors (Lipinski definition) is 3. The van der Waals surface area contributed by atoms with Crippen molar-refractivity contribution in [2.45, 2.75) is 6.42 Å². The zero-order valence-corrected chi connectivity index (χ0v) is 7.03. The summed E-state index contributed by atoms with van der Waals surface area (Å²) in [6.45, 7) is 1.39. The topological polar surface area (TPSA) is 38.1 Å². The second-order valence-corrected chi connectivity index (χ2v) is 3.08. The standard InChI is InChI=1S/C8H11N3O/c1-10-5-7(4-9-10)11-3-2-8(12)6-11/h4-5H,2-3,6H2,1H3. The molecule has 1 fully saturated rings. The van der Waals surface area contributed by atoms with Gasteiger partial charge in [0.15, 0.2) is 5.78 Å². The van der Waals surface area contributed by atoms with Crippen molar-refractivity contribution in [2.75, 3.05) is 18.0 Å². The zero-order chi connectivity index (χ0) is 8.55. The number of nitrogens with zero attached hydrogens (tertiary/aromatic N) is 3. The smallest absolute Gasteiger partial charge is 0.153 e. The van der Waals surface area contributed by atoms with E-state index in [1.807, 2.05) is 13.2 Å². The molecule has 1 aromatic heterocycles. The van der Waals surface area contributed by atoms with E-state index in [1.165, 1.54) is 0 Å². The Morgan fingerprint density at radius 3 is 2.92 bits per heavy atom. The van der Waals surface area contributed by atoms with Gasteiger partial charge in [-0.15, -0.1) is 0 Å². The van der Waals surface area contributed by atoms with Gasteiger partial charge in [-0.05, 0) is 0 Å². The molecule has 2 heterocycles. The van der Waals surface area contributed by atoms with E-state index in [-0.39, 0.29) is 0 Å². The second-order valence-electron chi connectivity index (χ2n) is 3.08. The van der Waals surface area contributed by atoms with Crippen LogP contribution in [0.25, 0.3) is 0 Å². The fourth-order valence-corrected chi connectivity index (χ4v) is 1.42. The van der Waals surface area contributed by atoms with Crippen molar-refractivity contribution in [3.05, 3.63) is 12.4 Å². The monoisotopic (exact) mass is 165 g/mol. The lowest BCUT2D eigenvalue weighted by Crippen LogP contribution is -2.18. The first-order valence-corrected chi connectivity index (χ1v) is 4.01. The molecule has 2 rings (SSSR count). The van der Waals surface area contributed by atoms with Crippen molar-refractivity contribution >= 4 is 11.5 Å². The number of rotatable bonds is 1. The summed E-state index contributed by atoms with van der Waals surface area (Å²) in [4.78, 5) is 13.0. The Morgan fingerprint density at radius 2 is 2.42 bits per heavy atom. The van der Waals surface area contributed by atoms with E-state index in [0.717, 1.165) is 12.2 Å². The fourth-order valence-electron chi connectivity index (χ4n) is 1.42. The molecule has 1 aliphatic rings. The Bertz CT molecular complexity index is 305. The first kappa shape index (κ1) is 7.34. The normalized spacial score (nSPS) is 17.4. The van der Waals surface area contributed by atoms with Gasteiger partial charge in [0.25, 0.3) is 0 Å². The Kier molecular flexibility index (Phi) is 1.60. The third-order valence-corrected chi connectivity index (χ3v) is 2.08. The molecule has 0 N–H and O–H groups in total. The fraction of sp³-hybridized carbons (Fsp3) is 0.500. The van der Waals surface area contributed by atoms with Crippen LogP contribution in [0.4, 0.5) is 5.69 Å². The molecule has 1 aliphatic heterocycles. The number of carbonyl (C=O) groups excluding carboxylic acids is 1. The lowest BCUT2D eigenvalue weighted by atomic mass is 10.4. The van der Waals surface area contributed by atoms with Gasteiger partial charge < -0.3 is 4.90 Å². The molecule has 0 radical (unpaired) electrons. The van der Waals surface area contributed by atoms with E-state index < -0.39 is 0 Å². The Labute approximate surface area is 70.8 Å². The van der Waals surface area contributed by atoms with Crippen LogP contribution >= 0.6 is 0 Å². The second kappa shape index (κ2) is 2.62. The van der Waals surface area contributed by atoms with Crippen molar-refractivity contribution in [3.8, 4) is 0 Å². The molecule has 0 saturated carbocycles. The summed E-state index contributed by atoms with van der Waals surface area (Å²) in [6.07, 6.45) is 4.39. The van der Waals surface area contributed by atoms with Crippen LogP contribution in [0.5, 0.6) is 0 Å². The summed E-state index contributed by atoms with van der Waals surface area (Å²) in [7, 11) is 1.88. The van der Waals surface area contributed by atoms with Gasteiger partial charge >= 0.3 is 0 Å². The predicted octanol–water partition coefficient (Wildman–Crippen LogP) is 0.199. The van der Waals surface area contributed by atoms with Crippen molar-refractivity contribution in [1.82, 2.24) is 9.78 Å². The van der Waals surface area contributed by atoms with E-state index in [2.05, 4.69) is 10.00 Å². The quantitative estimate of drug-likeness (QED) is 0.596. The highest BCUT2D eigenvalue weighted by Gasteiger charge is 2.19. The highest BCUT2D eigenvalue weighted by Crippen LogP contribution is 2.16. The largest absolute Gasteiger partial charge is 0.361 e. The van der Waals surface area contributed by atoms with Crippen molar-refractivity contribution in [1.29, 1.82) is 0 Å². The minimum absolute atomic E-state index is 0.318. The van der Waals surface area contributed by atoms with Gasteiger partial charge in [-0.25, -0.2) is 0 Å². The maximum absolute atomic E-state index is 11.0. The number of Topliss-reactive ketones (excluding diaryl/α,β-unsaturated/α-hetero) is 1. The number of aryl methyl sites for hydroxylation is 1. The number of aromatic nitrogens is 2. The maximum Gasteiger partial charge on any atom is 0.153 e. The van der Waals surface area contributed by atoms with E-state index in [4.69, 9.17) is 0 Å². The SMILES string of the molecule is Cn1cc(N2CCC(=O)C2)cn1. The summed E-state index contributed by atoms with van der Waals surface area (Å²) in [5.74, 6) is 0.318. The van der Waals surface area contributed by atoms with Crippen LogP contribution in [0.15, 0.2) is 12.4 Å². The van der Waals surface area contributed by atoms with Crippen molar-refractivity contribution < 1.29 is 4.79 Å². The molecule has 0 unspecified atom stereocenters. The summed E-state index contributed by atoms with van der Waals surface area (Å²) in [5, 5.41) is 4.05. The lowest BCUT2D eigenvalue weighted by molar-refractivity contribution is -0.116. The van der Waals surface area contributed by atoms with Crippen molar-refractivity contribution in [2.24, 2.45) is 7.05 Å². The molecule has 1 aromatic rings. The molecule has 4 heteroatoms. The van der Waals surface area contributed by atoms with Crippen LogP contribution in [0.1, 0.15) is 6.42 Å². The van der Waals surface area contributed by atoms with Crippen LogP contribution in [-0.4, -0.2) is 28.7 Å². The molecule has 0 aromatic carbocycles. The van der Waals surface area contributed by atoms with Gasteiger partial charge in [0.1, 0.15) is 0 Å². The molecular formula is C8H11N3O. The molecule has 0 bridgehead atoms. The highest BCUT2D eigenvalue weighted by atomic mass is 16.1. The molecule has 0 amide bonds. The molecule has 0 spiro atoms. The molecule has 12 heavy (non-hydrogen) atoms. The third kappa shape index (κ3) is 1.20. The van der Waals surface area contributed by atoms with Gasteiger partial charge in [0, 0.05) is 26.2 Å². The van der Waals surface area contributed by atoms with Crippen molar-refractivity contribution in [3.63, 3.8) is 0 Å². The van der Waals surface area contributed by atoms with Gasteiger partial charge in [-0.2, -0.15) is 5.10 Å². The number of ketones is 1. The van der Waals surface area contributed by atoms with Gasteiger partial charge in [-0.3, -0.25) is 9.48 Å². The van der Waals surface area contributed by atoms with Gasteiger partial charge in [0.2, 0.25) is 0 Å². The minimum Gasteiger partial charge on any atom is -0.361 e. The van der Waals surface area contributed by atoms with Crippen LogP contribution in [0, 0.1) is 0 Å². The number of hydrogen-bond donors (Lipinski definition) is 0. The van der Waals surface area contributed by atoms with E-state index >= 15 is 0 Å².